The van der Waals surface area contributed by atoms with Gasteiger partial charge in [-0.3, -0.25) is 0 Å². The summed E-state index contributed by atoms with van der Waals surface area (Å²) >= 11 is 0. The zero-order chi connectivity index (χ0) is 26.4. The molecule has 0 amide bonds. The van der Waals surface area contributed by atoms with Crippen molar-refractivity contribution in [3.63, 3.8) is 0 Å². The molecule has 1 fully saturated rings. The lowest BCUT2D eigenvalue weighted by molar-refractivity contribution is -0.137. The average molecular weight is 502 g/mol. The number of pyridine rings is 1. The van der Waals surface area contributed by atoms with Crippen LogP contribution in [0.2, 0.25) is 0 Å². The predicted octanol–water partition coefficient (Wildman–Crippen LogP) is 6.86. The minimum atomic E-state index is -4.51. The summed E-state index contributed by atoms with van der Waals surface area (Å²) in [5.74, 6) is 0.885. The lowest BCUT2D eigenvalue weighted by atomic mass is 9.87. The Morgan fingerprint density at radius 2 is 1.81 bits per heavy atom. The van der Waals surface area contributed by atoms with Gasteiger partial charge in [-0.15, -0.1) is 0 Å². The number of nitrogens with one attached hydrogen (secondary N) is 1. The minimum Gasteiger partial charge on any atom is -0.367 e. The third-order valence-corrected chi connectivity index (χ3v) is 6.38. The number of nitrogens with zero attached hydrogens (tertiary/aromatic N) is 4. The Balaban J connectivity index is 1.85. The van der Waals surface area contributed by atoms with E-state index in [0.717, 1.165) is 25.0 Å². The van der Waals surface area contributed by atoms with E-state index < -0.39 is 17.8 Å². The Morgan fingerprint density at radius 3 is 2.44 bits per heavy atom. The highest BCUT2D eigenvalue weighted by Gasteiger charge is 2.42. The van der Waals surface area contributed by atoms with Gasteiger partial charge in [0.25, 0.3) is 0 Å². The third kappa shape index (κ3) is 5.24. The molecule has 0 saturated carbocycles. The first-order chi connectivity index (χ1) is 16.7. The summed E-state index contributed by atoms with van der Waals surface area (Å²) in [6.45, 7) is 13.8. The Morgan fingerprint density at radius 1 is 1.08 bits per heavy atom. The first kappa shape index (κ1) is 25.7. The van der Waals surface area contributed by atoms with E-state index in [0.29, 0.717) is 22.9 Å². The second-order valence-electron chi connectivity index (χ2n) is 10.6. The van der Waals surface area contributed by atoms with Crippen LogP contribution in [0.25, 0.3) is 5.69 Å². The first-order valence-electron chi connectivity index (χ1n) is 11.8. The van der Waals surface area contributed by atoms with E-state index in [1.807, 2.05) is 4.57 Å². The SMILES string of the molecule is C=C1NC(CCC(C)(C)C)C(c2nccn2-c2ccc(F)c(C)c2)N1c1cc(C(F)(F)F)cc(C)n1. The molecule has 1 aliphatic rings. The summed E-state index contributed by atoms with van der Waals surface area (Å²) in [5, 5.41) is 3.39. The molecular formula is C27H31F4N5. The topological polar surface area (TPSA) is 46.0 Å². The zero-order valence-corrected chi connectivity index (χ0v) is 21.1. The van der Waals surface area contributed by atoms with Crippen molar-refractivity contribution in [1.29, 1.82) is 0 Å². The molecule has 1 aromatic carbocycles. The molecule has 0 spiro atoms. The number of alkyl halides is 3. The van der Waals surface area contributed by atoms with E-state index in [4.69, 9.17) is 0 Å². The maximum atomic E-state index is 14.0. The number of aryl methyl sites for hydroxylation is 2. The van der Waals surface area contributed by atoms with Crippen molar-refractivity contribution in [2.75, 3.05) is 4.90 Å². The largest absolute Gasteiger partial charge is 0.416 e. The Hall–Kier alpha value is -3.36. The minimum absolute atomic E-state index is 0.0511. The van der Waals surface area contributed by atoms with E-state index in [2.05, 4.69) is 42.6 Å². The number of aromatic nitrogens is 3. The molecule has 1 N–H and O–H groups in total. The quantitative estimate of drug-likeness (QED) is 0.388. The van der Waals surface area contributed by atoms with Gasteiger partial charge in [-0.1, -0.05) is 27.4 Å². The van der Waals surface area contributed by atoms with Crippen molar-refractivity contribution in [1.82, 2.24) is 19.9 Å². The molecule has 3 heterocycles. The van der Waals surface area contributed by atoms with Crippen molar-refractivity contribution in [3.05, 3.63) is 83.6 Å². The van der Waals surface area contributed by atoms with Crippen molar-refractivity contribution in [3.8, 4) is 5.69 Å². The molecule has 192 valence electrons. The van der Waals surface area contributed by atoms with Crippen molar-refractivity contribution >= 4 is 5.82 Å². The van der Waals surface area contributed by atoms with Gasteiger partial charge in [-0.05, 0) is 68.0 Å². The standard InChI is InChI=1S/C27H31F4N5/c1-16-13-20(7-8-21(16)28)35-12-11-32-25(35)24-22(9-10-26(4,5)6)34-18(3)36(24)23-15-19(27(29,30)31)14-17(2)33-23/h7-8,11-15,22,24,34H,3,9-10H2,1-2,4-6H3. The summed E-state index contributed by atoms with van der Waals surface area (Å²) in [6.07, 6.45) is 0.499. The zero-order valence-electron chi connectivity index (χ0n) is 21.1. The van der Waals surface area contributed by atoms with Crippen LogP contribution in [-0.2, 0) is 6.18 Å². The fraction of sp³-hybridized carbons (Fsp3) is 0.407. The van der Waals surface area contributed by atoms with Crippen molar-refractivity contribution in [2.45, 2.75) is 65.7 Å². The van der Waals surface area contributed by atoms with Gasteiger partial charge in [-0.2, -0.15) is 13.2 Å². The van der Waals surface area contributed by atoms with Crippen LogP contribution in [0.15, 0.2) is 55.1 Å². The van der Waals surface area contributed by atoms with E-state index in [1.54, 1.807) is 43.3 Å². The fourth-order valence-electron chi connectivity index (χ4n) is 4.57. The van der Waals surface area contributed by atoms with E-state index in [1.165, 1.54) is 6.07 Å². The van der Waals surface area contributed by atoms with Crippen LogP contribution in [0.4, 0.5) is 23.4 Å². The van der Waals surface area contributed by atoms with Crippen LogP contribution in [0.3, 0.4) is 0 Å². The third-order valence-electron chi connectivity index (χ3n) is 6.38. The fourth-order valence-corrected chi connectivity index (χ4v) is 4.57. The molecular weight excluding hydrogens is 470 g/mol. The molecule has 2 unspecified atom stereocenters. The Bertz CT molecular complexity index is 1270. The summed E-state index contributed by atoms with van der Waals surface area (Å²) in [5.41, 5.74) is 0.725. The maximum Gasteiger partial charge on any atom is 0.416 e. The average Bonchev–Trinajstić information content (AvgIpc) is 3.36. The van der Waals surface area contributed by atoms with Crippen molar-refractivity contribution in [2.24, 2.45) is 5.41 Å². The maximum absolute atomic E-state index is 14.0. The molecule has 0 radical (unpaired) electrons. The summed E-state index contributed by atoms with van der Waals surface area (Å²) in [4.78, 5) is 10.8. The van der Waals surface area contributed by atoms with Crippen LogP contribution in [0, 0.1) is 25.1 Å². The Kier molecular flexibility index (Phi) is 6.62. The summed E-state index contributed by atoms with van der Waals surface area (Å²) in [7, 11) is 0. The first-order valence-corrected chi connectivity index (χ1v) is 11.8. The van der Waals surface area contributed by atoms with Crippen LogP contribution in [0.5, 0.6) is 0 Å². The van der Waals surface area contributed by atoms with Gasteiger partial charge >= 0.3 is 6.18 Å². The van der Waals surface area contributed by atoms with E-state index in [9.17, 15) is 17.6 Å². The molecule has 5 nitrogen and oxygen atoms in total. The van der Waals surface area contributed by atoms with Crippen LogP contribution >= 0.6 is 0 Å². The van der Waals surface area contributed by atoms with Gasteiger partial charge in [0.15, 0.2) is 0 Å². The van der Waals surface area contributed by atoms with Gasteiger partial charge in [0.1, 0.15) is 29.3 Å². The molecule has 2 atom stereocenters. The van der Waals surface area contributed by atoms with Gasteiger partial charge in [-0.25, -0.2) is 14.4 Å². The number of halogens is 4. The van der Waals surface area contributed by atoms with Crippen molar-refractivity contribution < 1.29 is 17.6 Å². The molecule has 36 heavy (non-hydrogen) atoms. The molecule has 2 aromatic heterocycles. The lowest BCUT2D eigenvalue weighted by Crippen LogP contribution is -2.32. The number of hydrogen-bond acceptors (Lipinski definition) is 4. The molecule has 4 rings (SSSR count). The van der Waals surface area contributed by atoms with E-state index >= 15 is 0 Å². The number of imidazole rings is 1. The van der Waals surface area contributed by atoms with Gasteiger partial charge in [0.05, 0.1) is 11.6 Å². The number of hydrogen-bond donors (Lipinski definition) is 1. The van der Waals surface area contributed by atoms with Gasteiger partial charge in [0, 0.05) is 23.8 Å². The number of anilines is 1. The molecule has 3 aromatic rings. The smallest absolute Gasteiger partial charge is 0.367 e. The molecule has 0 aliphatic carbocycles. The van der Waals surface area contributed by atoms with Gasteiger partial charge in [0.2, 0.25) is 0 Å². The Labute approximate surface area is 208 Å². The molecule has 1 saturated heterocycles. The lowest BCUT2D eigenvalue weighted by Gasteiger charge is -2.29. The molecule has 1 aliphatic heterocycles. The predicted molar refractivity (Wildman–Crippen MR) is 132 cm³/mol. The number of rotatable bonds is 5. The monoisotopic (exact) mass is 501 g/mol. The number of benzene rings is 1. The highest BCUT2D eigenvalue weighted by molar-refractivity contribution is 5.54. The van der Waals surface area contributed by atoms with Crippen LogP contribution in [-0.4, -0.2) is 20.6 Å². The highest BCUT2D eigenvalue weighted by Crippen LogP contribution is 2.41. The van der Waals surface area contributed by atoms with Crippen LogP contribution in [0.1, 0.15) is 62.3 Å². The normalized spacial score (nSPS) is 18.6. The second-order valence-corrected chi connectivity index (χ2v) is 10.6. The second kappa shape index (κ2) is 9.26. The molecule has 0 bridgehead atoms. The van der Waals surface area contributed by atoms with Gasteiger partial charge < -0.3 is 14.8 Å². The van der Waals surface area contributed by atoms with Crippen LogP contribution < -0.4 is 10.2 Å². The summed E-state index contributed by atoms with van der Waals surface area (Å²) in [6, 6.07) is 6.18. The van der Waals surface area contributed by atoms with E-state index in [-0.39, 0.29) is 28.8 Å². The summed E-state index contributed by atoms with van der Waals surface area (Å²) < 4.78 is 56.8. The molecule has 9 heteroatoms. The highest BCUT2D eigenvalue weighted by atomic mass is 19.4.